The van der Waals surface area contributed by atoms with Crippen LogP contribution in [0.25, 0.3) is 0 Å². The Bertz CT molecular complexity index is 178. The fraction of sp³-hybridized carbons (Fsp3) is 0.909. The van der Waals surface area contributed by atoms with E-state index in [1.165, 1.54) is 0 Å². The van der Waals surface area contributed by atoms with E-state index in [1.54, 1.807) is 0 Å². The Labute approximate surface area is 96.0 Å². The van der Waals surface area contributed by atoms with E-state index in [2.05, 4.69) is 42.0 Å². The molecule has 0 heterocycles. The number of carbonyl (C=O) groups excluding carboxylic acids is 1. The molecule has 0 spiro atoms. The molecule has 0 rings (SSSR count). The Morgan fingerprint density at radius 2 is 2.07 bits per heavy atom. The van der Waals surface area contributed by atoms with Crippen LogP contribution in [0.1, 0.15) is 47.0 Å². The zero-order valence-corrected chi connectivity index (χ0v) is 11.3. The first-order valence-corrected chi connectivity index (χ1v) is 6.49. The highest BCUT2D eigenvalue weighted by atomic mass is 79.9. The second-order valence-electron chi connectivity index (χ2n) is 4.23. The van der Waals surface area contributed by atoms with Gasteiger partial charge in [0.05, 0.1) is 0 Å². The van der Waals surface area contributed by atoms with Crippen molar-refractivity contribution in [3.05, 3.63) is 0 Å². The van der Waals surface area contributed by atoms with Gasteiger partial charge >= 0.3 is 0 Å². The van der Waals surface area contributed by atoms with Crippen molar-refractivity contribution in [3.8, 4) is 0 Å². The molecule has 0 aliphatic carbocycles. The maximum atomic E-state index is 11.7. The lowest BCUT2D eigenvalue weighted by Gasteiger charge is -2.28. The first kappa shape index (κ1) is 13.9. The fourth-order valence-electron chi connectivity index (χ4n) is 1.20. The molecule has 2 nitrogen and oxygen atoms in total. The second kappa shape index (κ2) is 6.44. The molecule has 1 amide bonds. The number of hydrogen-bond donors (Lipinski definition) is 1. The molecule has 0 fully saturated rings. The van der Waals surface area contributed by atoms with Crippen molar-refractivity contribution >= 4 is 21.8 Å². The third-order valence-corrected chi connectivity index (χ3v) is 3.91. The van der Waals surface area contributed by atoms with Crippen LogP contribution in [0.15, 0.2) is 0 Å². The summed E-state index contributed by atoms with van der Waals surface area (Å²) in [4.78, 5) is 11.7. The standard InChI is InChI=1S/C11H22BrNO/c1-5-7-9(3)10(14)13-11(4,6-2)8-12/h9H,5-8H2,1-4H3,(H,13,14). The molecule has 0 aliphatic rings. The maximum Gasteiger partial charge on any atom is 0.223 e. The molecule has 14 heavy (non-hydrogen) atoms. The molecule has 0 bridgehead atoms. The van der Waals surface area contributed by atoms with Crippen LogP contribution in [0.3, 0.4) is 0 Å². The van der Waals surface area contributed by atoms with Crippen LogP contribution in [-0.2, 0) is 4.79 Å². The van der Waals surface area contributed by atoms with Crippen LogP contribution in [0.4, 0.5) is 0 Å². The molecule has 3 heteroatoms. The van der Waals surface area contributed by atoms with E-state index in [1.807, 2.05) is 6.92 Å². The minimum atomic E-state index is -0.0981. The fourth-order valence-corrected chi connectivity index (χ4v) is 1.74. The third kappa shape index (κ3) is 4.45. The van der Waals surface area contributed by atoms with E-state index in [4.69, 9.17) is 0 Å². The van der Waals surface area contributed by atoms with Crippen LogP contribution >= 0.6 is 15.9 Å². The van der Waals surface area contributed by atoms with E-state index in [9.17, 15) is 4.79 Å². The van der Waals surface area contributed by atoms with E-state index in [0.717, 1.165) is 24.6 Å². The second-order valence-corrected chi connectivity index (χ2v) is 4.79. The van der Waals surface area contributed by atoms with Gasteiger partial charge in [0.25, 0.3) is 0 Å². The molecular formula is C11H22BrNO. The zero-order chi connectivity index (χ0) is 11.2. The highest BCUT2D eigenvalue weighted by Gasteiger charge is 2.24. The Hall–Kier alpha value is -0.0500. The number of halogens is 1. The van der Waals surface area contributed by atoms with E-state index in [0.29, 0.717) is 0 Å². The SMILES string of the molecule is CCCC(C)C(=O)NC(C)(CC)CBr. The summed E-state index contributed by atoms with van der Waals surface area (Å²) in [7, 11) is 0. The molecule has 0 aromatic carbocycles. The quantitative estimate of drug-likeness (QED) is 0.734. The number of carbonyl (C=O) groups is 1. The summed E-state index contributed by atoms with van der Waals surface area (Å²) in [5.41, 5.74) is -0.0981. The molecule has 0 saturated heterocycles. The Balaban J connectivity index is 4.15. The van der Waals surface area contributed by atoms with Gasteiger partial charge in [-0.2, -0.15) is 0 Å². The predicted molar refractivity (Wildman–Crippen MR) is 64.7 cm³/mol. The Morgan fingerprint density at radius 1 is 1.50 bits per heavy atom. The van der Waals surface area contributed by atoms with Gasteiger partial charge in [-0.15, -0.1) is 0 Å². The third-order valence-electron chi connectivity index (χ3n) is 2.67. The van der Waals surface area contributed by atoms with Crippen LogP contribution in [0.2, 0.25) is 0 Å². The molecule has 0 radical (unpaired) electrons. The summed E-state index contributed by atoms with van der Waals surface area (Å²) in [6.07, 6.45) is 2.97. The van der Waals surface area contributed by atoms with Crippen molar-refractivity contribution in [2.24, 2.45) is 5.92 Å². The van der Waals surface area contributed by atoms with Gasteiger partial charge in [0.15, 0.2) is 0 Å². The van der Waals surface area contributed by atoms with Crippen LogP contribution in [-0.4, -0.2) is 16.8 Å². The topological polar surface area (TPSA) is 29.1 Å². The first-order valence-electron chi connectivity index (χ1n) is 5.37. The number of hydrogen-bond acceptors (Lipinski definition) is 1. The normalized spacial score (nSPS) is 17.2. The predicted octanol–water partition coefficient (Wildman–Crippen LogP) is 3.10. The Kier molecular flexibility index (Phi) is 6.41. The lowest BCUT2D eigenvalue weighted by molar-refractivity contribution is -0.126. The lowest BCUT2D eigenvalue weighted by Crippen LogP contribution is -2.48. The summed E-state index contributed by atoms with van der Waals surface area (Å²) in [6.45, 7) is 8.25. The van der Waals surface area contributed by atoms with Gasteiger partial charge in [-0.3, -0.25) is 4.79 Å². The number of rotatable bonds is 6. The van der Waals surface area contributed by atoms with Crippen molar-refractivity contribution in [3.63, 3.8) is 0 Å². The van der Waals surface area contributed by atoms with Gasteiger partial charge in [0, 0.05) is 16.8 Å². The summed E-state index contributed by atoms with van der Waals surface area (Å²) in [5.74, 6) is 0.306. The molecule has 0 saturated carbocycles. The molecule has 0 aromatic rings. The van der Waals surface area contributed by atoms with Gasteiger partial charge in [-0.1, -0.05) is 43.1 Å². The largest absolute Gasteiger partial charge is 0.350 e. The van der Waals surface area contributed by atoms with Gasteiger partial charge in [-0.25, -0.2) is 0 Å². The summed E-state index contributed by atoms with van der Waals surface area (Å²) < 4.78 is 0. The van der Waals surface area contributed by atoms with Crippen molar-refractivity contribution in [1.29, 1.82) is 0 Å². The van der Waals surface area contributed by atoms with Gasteiger partial charge in [-0.05, 0) is 19.8 Å². The highest BCUT2D eigenvalue weighted by molar-refractivity contribution is 9.09. The number of nitrogens with one attached hydrogen (secondary N) is 1. The lowest BCUT2D eigenvalue weighted by atomic mass is 9.99. The minimum absolute atomic E-state index is 0.0981. The van der Waals surface area contributed by atoms with Gasteiger partial charge in [0.2, 0.25) is 5.91 Å². The van der Waals surface area contributed by atoms with E-state index >= 15 is 0 Å². The summed E-state index contributed by atoms with van der Waals surface area (Å²) in [6, 6.07) is 0. The average Bonchev–Trinajstić information content (AvgIpc) is 2.18. The van der Waals surface area contributed by atoms with Crippen molar-refractivity contribution in [1.82, 2.24) is 5.32 Å². The molecule has 0 aromatic heterocycles. The van der Waals surface area contributed by atoms with E-state index in [-0.39, 0.29) is 17.4 Å². The van der Waals surface area contributed by atoms with Crippen LogP contribution in [0.5, 0.6) is 0 Å². The molecular weight excluding hydrogens is 242 g/mol. The summed E-state index contributed by atoms with van der Waals surface area (Å²) in [5, 5.41) is 3.90. The van der Waals surface area contributed by atoms with Crippen LogP contribution in [0, 0.1) is 5.92 Å². The van der Waals surface area contributed by atoms with Crippen molar-refractivity contribution < 1.29 is 4.79 Å². The average molecular weight is 264 g/mol. The van der Waals surface area contributed by atoms with E-state index < -0.39 is 0 Å². The minimum Gasteiger partial charge on any atom is -0.350 e. The molecule has 0 aliphatic heterocycles. The molecule has 84 valence electrons. The monoisotopic (exact) mass is 263 g/mol. The molecule has 2 atom stereocenters. The van der Waals surface area contributed by atoms with Crippen molar-refractivity contribution in [2.45, 2.75) is 52.5 Å². The van der Waals surface area contributed by atoms with Crippen molar-refractivity contribution in [2.75, 3.05) is 5.33 Å². The number of amides is 1. The molecule has 2 unspecified atom stereocenters. The van der Waals surface area contributed by atoms with Crippen LogP contribution < -0.4 is 5.32 Å². The highest BCUT2D eigenvalue weighted by Crippen LogP contribution is 2.14. The zero-order valence-electron chi connectivity index (χ0n) is 9.69. The smallest absolute Gasteiger partial charge is 0.223 e. The molecule has 1 N–H and O–H groups in total. The summed E-state index contributed by atoms with van der Waals surface area (Å²) >= 11 is 3.43. The first-order chi connectivity index (χ1) is 6.49. The van der Waals surface area contributed by atoms with Gasteiger partial charge in [0.1, 0.15) is 0 Å². The maximum absolute atomic E-state index is 11.7. The Morgan fingerprint density at radius 3 is 2.43 bits per heavy atom. The number of alkyl halides is 1. The van der Waals surface area contributed by atoms with Gasteiger partial charge < -0.3 is 5.32 Å².